The van der Waals surface area contributed by atoms with Crippen molar-refractivity contribution in [3.63, 3.8) is 0 Å². The van der Waals surface area contributed by atoms with Crippen LogP contribution in [0.2, 0.25) is 0 Å². The fourth-order valence-corrected chi connectivity index (χ4v) is 4.98. The van der Waals surface area contributed by atoms with Gasteiger partial charge in [0, 0.05) is 30.1 Å². The van der Waals surface area contributed by atoms with Crippen LogP contribution in [0, 0.1) is 35.2 Å². The molecule has 2 aliphatic rings. The molecule has 1 aromatic heterocycles. The SMILES string of the molecule is O=C1CC(C(=O)NNCC2CC(Cc3c(-c4ccc(F)cc4)[nH]c4c(F)cc(F)cc34)C2)C(=O)N1. The Kier molecular flexibility index (Phi) is 6.06. The minimum Gasteiger partial charge on any atom is -0.352 e. The number of aromatic nitrogens is 1. The van der Waals surface area contributed by atoms with Crippen LogP contribution >= 0.6 is 0 Å². The lowest BCUT2D eigenvalue weighted by atomic mass is 9.72. The van der Waals surface area contributed by atoms with E-state index in [-0.39, 0.29) is 29.6 Å². The summed E-state index contributed by atoms with van der Waals surface area (Å²) in [6.07, 6.45) is 2.10. The van der Waals surface area contributed by atoms with Crippen LogP contribution in [0.25, 0.3) is 22.2 Å². The minimum atomic E-state index is -1.02. The van der Waals surface area contributed by atoms with Gasteiger partial charge in [-0.3, -0.25) is 25.1 Å². The van der Waals surface area contributed by atoms with Crippen molar-refractivity contribution in [3.05, 3.63) is 59.4 Å². The summed E-state index contributed by atoms with van der Waals surface area (Å²) in [6, 6.07) is 8.01. The van der Waals surface area contributed by atoms with Crippen molar-refractivity contribution in [1.82, 2.24) is 21.2 Å². The van der Waals surface area contributed by atoms with Crippen LogP contribution in [-0.4, -0.2) is 29.3 Å². The van der Waals surface area contributed by atoms with E-state index in [9.17, 15) is 27.6 Å². The predicted octanol–water partition coefficient (Wildman–Crippen LogP) is 3.10. The van der Waals surface area contributed by atoms with E-state index in [1.807, 2.05) is 0 Å². The maximum Gasteiger partial charge on any atom is 0.247 e. The number of imide groups is 1. The van der Waals surface area contributed by atoms with Gasteiger partial charge in [-0.25, -0.2) is 18.6 Å². The number of benzene rings is 2. The molecule has 2 fully saturated rings. The summed E-state index contributed by atoms with van der Waals surface area (Å²) in [5.41, 5.74) is 7.65. The maximum absolute atomic E-state index is 14.5. The third-order valence-electron chi connectivity index (χ3n) is 6.78. The van der Waals surface area contributed by atoms with Gasteiger partial charge in [0.1, 0.15) is 23.4 Å². The number of hydrazine groups is 1. The van der Waals surface area contributed by atoms with Gasteiger partial charge >= 0.3 is 0 Å². The number of rotatable bonds is 7. The fourth-order valence-electron chi connectivity index (χ4n) is 4.98. The molecule has 1 atom stereocenters. The summed E-state index contributed by atoms with van der Waals surface area (Å²) < 4.78 is 41.9. The van der Waals surface area contributed by atoms with Gasteiger partial charge in [-0.15, -0.1) is 0 Å². The monoisotopic (exact) mass is 484 g/mol. The van der Waals surface area contributed by atoms with E-state index >= 15 is 0 Å². The third kappa shape index (κ3) is 4.66. The summed E-state index contributed by atoms with van der Waals surface area (Å²) in [6.45, 7) is 0.493. The Labute approximate surface area is 198 Å². The third-order valence-corrected chi connectivity index (χ3v) is 6.78. The fraction of sp³-hybridized carbons (Fsp3) is 0.320. The number of amides is 3. The van der Waals surface area contributed by atoms with Crippen molar-refractivity contribution in [1.29, 1.82) is 0 Å². The topological polar surface area (TPSA) is 103 Å². The summed E-state index contributed by atoms with van der Waals surface area (Å²) in [5.74, 6) is -3.82. The van der Waals surface area contributed by atoms with Crippen LogP contribution in [0.1, 0.15) is 24.8 Å². The average molecular weight is 484 g/mol. The Bertz CT molecular complexity index is 1320. The lowest BCUT2D eigenvalue weighted by molar-refractivity contribution is -0.133. The zero-order chi connectivity index (χ0) is 24.7. The normalized spacial score (nSPS) is 21.7. The Hall–Kier alpha value is -3.66. The Morgan fingerprint density at radius 3 is 2.43 bits per heavy atom. The highest BCUT2D eigenvalue weighted by molar-refractivity contribution is 6.13. The molecule has 7 nitrogen and oxygen atoms in total. The number of carbonyl (C=O) groups is 3. The molecule has 3 aromatic rings. The standard InChI is InChI=1S/C25H23F3N4O3/c26-15-3-1-14(2-4-15)22-17(18-8-16(27)9-20(28)23(18)31-22)7-12-5-13(6-12)11-29-32-25(35)19-10-21(33)30-24(19)34/h1-4,8-9,12-13,19,29,31H,5-7,10-11H2,(H,32,35)(H,30,33,34). The number of aromatic amines is 1. The second kappa shape index (κ2) is 9.18. The first-order valence-electron chi connectivity index (χ1n) is 11.4. The van der Waals surface area contributed by atoms with Gasteiger partial charge in [-0.05, 0) is 72.6 Å². The molecule has 182 valence electrons. The molecule has 0 spiro atoms. The van der Waals surface area contributed by atoms with Crippen LogP contribution in [-0.2, 0) is 20.8 Å². The summed E-state index contributed by atoms with van der Waals surface area (Å²) in [7, 11) is 0. The molecule has 1 saturated heterocycles. The number of H-pyrrole nitrogens is 1. The molecule has 2 aromatic carbocycles. The number of carbonyl (C=O) groups excluding carboxylic acids is 3. The molecule has 1 unspecified atom stereocenters. The molecular formula is C25H23F3N4O3. The first kappa shape index (κ1) is 23.1. The largest absolute Gasteiger partial charge is 0.352 e. The van der Waals surface area contributed by atoms with Gasteiger partial charge in [0.05, 0.1) is 5.52 Å². The van der Waals surface area contributed by atoms with Crippen LogP contribution in [0.4, 0.5) is 13.2 Å². The number of fused-ring (bicyclic) bond motifs is 1. The van der Waals surface area contributed by atoms with E-state index in [0.717, 1.165) is 24.5 Å². The molecule has 2 heterocycles. The summed E-state index contributed by atoms with van der Waals surface area (Å²) in [5, 5.41) is 2.57. The zero-order valence-corrected chi connectivity index (χ0v) is 18.6. The van der Waals surface area contributed by atoms with E-state index in [4.69, 9.17) is 0 Å². The smallest absolute Gasteiger partial charge is 0.247 e. The number of hydrogen-bond acceptors (Lipinski definition) is 4. The second-order valence-corrected chi connectivity index (χ2v) is 9.24. The molecule has 4 N–H and O–H groups in total. The average Bonchev–Trinajstić information content (AvgIpc) is 3.31. The zero-order valence-electron chi connectivity index (χ0n) is 18.6. The first-order valence-corrected chi connectivity index (χ1v) is 11.4. The van der Waals surface area contributed by atoms with Gasteiger partial charge < -0.3 is 4.98 Å². The van der Waals surface area contributed by atoms with Gasteiger partial charge in [0.2, 0.25) is 17.7 Å². The van der Waals surface area contributed by atoms with Crippen molar-refractivity contribution < 1.29 is 27.6 Å². The molecule has 10 heteroatoms. The first-order chi connectivity index (χ1) is 16.8. The van der Waals surface area contributed by atoms with Crippen molar-refractivity contribution in [2.75, 3.05) is 6.54 Å². The van der Waals surface area contributed by atoms with E-state index in [2.05, 4.69) is 21.2 Å². The molecule has 1 saturated carbocycles. The molecule has 35 heavy (non-hydrogen) atoms. The highest BCUT2D eigenvalue weighted by Gasteiger charge is 2.36. The highest BCUT2D eigenvalue weighted by Crippen LogP contribution is 2.40. The molecule has 5 rings (SSSR count). The summed E-state index contributed by atoms with van der Waals surface area (Å²) >= 11 is 0. The van der Waals surface area contributed by atoms with E-state index < -0.39 is 35.3 Å². The van der Waals surface area contributed by atoms with Gasteiger partial charge in [-0.1, -0.05) is 0 Å². The molecule has 3 amide bonds. The quantitative estimate of drug-likeness (QED) is 0.235. The molecule has 1 aliphatic carbocycles. The Balaban J connectivity index is 1.23. The highest BCUT2D eigenvalue weighted by atomic mass is 19.1. The van der Waals surface area contributed by atoms with Crippen LogP contribution < -0.4 is 16.2 Å². The molecule has 0 radical (unpaired) electrons. The summed E-state index contributed by atoms with van der Waals surface area (Å²) in [4.78, 5) is 37.9. The Morgan fingerprint density at radius 1 is 1.00 bits per heavy atom. The van der Waals surface area contributed by atoms with Crippen molar-refractivity contribution >= 4 is 28.6 Å². The van der Waals surface area contributed by atoms with Crippen LogP contribution in [0.3, 0.4) is 0 Å². The van der Waals surface area contributed by atoms with Gasteiger partial charge in [-0.2, -0.15) is 0 Å². The van der Waals surface area contributed by atoms with Crippen molar-refractivity contribution in [2.24, 2.45) is 17.8 Å². The molecule has 0 bridgehead atoms. The number of halogens is 3. The van der Waals surface area contributed by atoms with E-state index in [0.29, 0.717) is 29.6 Å². The number of nitrogens with one attached hydrogen (secondary N) is 4. The van der Waals surface area contributed by atoms with Crippen LogP contribution in [0.5, 0.6) is 0 Å². The minimum absolute atomic E-state index is 0.153. The van der Waals surface area contributed by atoms with Crippen molar-refractivity contribution in [3.8, 4) is 11.3 Å². The van der Waals surface area contributed by atoms with Crippen LogP contribution in [0.15, 0.2) is 36.4 Å². The van der Waals surface area contributed by atoms with E-state index in [1.165, 1.54) is 18.2 Å². The lowest BCUT2D eigenvalue weighted by Crippen LogP contribution is -2.46. The van der Waals surface area contributed by atoms with E-state index in [1.54, 1.807) is 12.1 Å². The number of hydrogen-bond donors (Lipinski definition) is 4. The second-order valence-electron chi connectivity index (χ2n) is 9.24. The maximum atomic E-state index is 14.5. The molecular weight excluding hydrogens is 461 g/mol. The molecule has 1 aliphatic heterocycles. The van der Waals surface area contributed by atoms with Crippen molar-refractivity contribution in [2.45, 2.75) is 25.7 Å². The van der Waals surface area contributed by atoms with Gasteiger partial charge in [0.15, 0.2) is 0 Å². The Morgan fingerprint density at radius 2 is 1.74 bits per heavy atom. The van der Waals surface area contributed by atoms with Gasteiger partial charge in [0.25, 0.3) is 0 Å². The lowest BCUT2D eigenvalue weighted by Gasteiger charge is -2.36. The predicted molar refractivity (Wildman–Crippen MR) is 121 cm³/mol.